The molecule has 45 heavy (non-hydrogen) atoms. The van der Waals surface area contributed by atoms with Gasteiger partial charge in [0.2, 0.25) is 23.5 Å². The van der Waals surface area contributed by atoms with Crippen molar-refractivity contribution in [2.75, 3.05) is 63.1 Å². The van der Waals surface area contributed by atoms with E-state index < -0.39 is 11.6 Å². The van der Waals surface area contributed by atoms with Crippen LogP contribution in [0.3, 0.4) is 0 Å². The average molecular weight is 629 g/mol. The third-order valence-electron chi connectivity index (χ3n) is 5.88. The first-order chi connectivity index (χ1) is 21.5. The van der Waals surface area contributed by atoms with Crippen LogP contribution in [0, 0.1) is 10.8 Å². The summed E-state index contributed by atoms with van der Waals surface area (Å²) in [6.07, 6.45) is 1.33. The van der Waals surface area contributed by atoms with E-state index in [1.807, 2.05) is 0 Å². The molecule has 18 heteroatoms. The molecule has 16 N–H and O–H groups in total. The summed E-state index contributed by atoms with van der Waals surface area (Å²) >= 11 is 0. The predicted molar refractivity (Wildman–Crippen MR) is 172 cm³/mol. The number of phenolic OH excluding ortho intramolecular Hbond substituents is 2. The molecular formula is C27H40N12O6. The van der Waals surface area contributed by atoms with E-state index in [1.54, 1.807) is 19.1 Å². The highest BCUT2D eigenvalue weighted by molar-refractivity contribution is 6.33. The van der Waals surface area contributed by atoms with Gasteiger partial charge >= 0.3 is 0 Å². The molecule has 2 aromatic rings. The Bertz CT molecular complexity index is 1350. The molecule has 244 valence electrons. The van der Waals surface area contributed by atoms with Crippen molar-refractivity contribution in [2.45, 2.75) is 6.92 Å². The molecule has 3 rings (SSSR count). The molecule has 0 fully saturated rings. The number of hydrogen-bond donors (Lipinski definition) is 14. The fraction of sp³-hybridized carbons (Fsp3) is 0.333. The maximum absolute atomic E-state index is 13.4. The van der Waals surface area contributed by atoms with Crippen molar-refractivity contribution < 1.29 is 30.0 Å². The first-order valence-electron chi connectivity index (χ1n) is 13.7. The number of aliphatic hydroxyl groups excluding tert-OH is 2. The third-order valence-corrected chi connectivity index (χ3v) is 5.88. The quantitative estimate of drug-likeness (QED) is 0.0290. The zero-order valence-electron chi connectivity index (χ0n) is 24.7. The highest BCUT2D eigenvalue weighted by atomic mass is 16.3. The van der Waals surface area contributed by atoms with Crippen LogP contribution in [0.4, 0.5) is 11.4 Å². The molecule has 0 bridgehead atoms. The summed E-state index contributed by atoms with van der Waals surface area (Å²) in [5.74, 6) is -2.38. The topological polar surface area (TPSA) is 312 Å². The minimum atomic E-state index is -0.559. The van der Waals surface area contributed by atoms with Crippen molar-refractivity contribution in [1.82, 2.24) is 21.5 Å². The van der Waals surface area contributed by atoms with Gasteiger partial charge in [0.25, 0.3) is 0 Å². The van der Waals surface area contributed by atoms with Gasteiger partial charge in [-0.1, -0.05) is 0 Å². The monoisotopic (exact) mass is 628 g/mol. The zero-order chi connectivity index (χ0) is 33.4. The fourth-order valence-electron chi connectivity index (χ4n) is 4.01. The number of ketones is 2. The van der Waals surface area contributed by atoms with Gasteiger partial charge < -0.3 is 53.2 Å². The van der Waals surface area contributed by atoms with E-state index >= 15 is 0 Å². The standard InChI is InChI=1S/C22H28N4O6.C5H12N8/c27-11-9-23-5-7-25-13-1-2-14(26-8-6-24-10-12-28)18-17(13)21(31)19-15(29)3-4-16(30)20(19)22(18)32;1-3(11-13-5(8)9)2-10-12-4(6)7/h1-4,23-30H,5-12H2;2H,1H3,(H4,6,7,12)(H4,8,9,13)/b;10-2+,11-3+. The molecule has 0 amide bonds. The van der Waals surface area contributed by atoms with E-state index in [-0.39, 0.29) is 58.9 Å². The van der Waals surface area contributed by atoms with Gasteiger partial charge in [0.15, 0.2) is 0 Å². The molecule has 1 aliphatic rings. The SMILES string of the molecule is CC(/C=N/NC(=N)N)=N\NC(=N)N.O=C1c2c(O)ccc(O)c2C(=O)c2c(NCCNCCO)ccc(NCCNCCO)c21. The smallest absolute Gasteiger partial charge is 0.206 e. The number of hydrogen-bond acceptors (Lipinski definition) is 14. The van der Waals surface area contributed by atoms with Gasteiger partial charge in [-0.3, -0.25) is 20.4 Å². The summed E-state index contributed by atoms with van der Waals surface area (Å²) in [6.45, 7) is 4.45. The minimum absolute atomic E-state index is 0.00939. The summed E-state index contributed by atoms with van der Waals surface area (Å²) in [4.78, 5) is 26.7. The Labute approximate surface area is 259 Å². The van der Waals surface area contributed by atoms with Gasteiger partial charge in [-0.05, 0) is 31.2 Å². The average Bonchev–Trinajstić information content (AvgIpc) is 3.00. The number of nitrogens with two attached hydrogens (primary N) is 2. The molecule has 2 aromatic carbocycles. The van der Waals surface area contributed by atoms with Crippen molar-refractivity contribution in [3.05, 3.63) is 46.5 Å². The van der Waals surface area contributed by atoms with Gasteiger partial charge in [-0.25, -0.2) is 10.9 Å². The lowest BCUT2D eigenvalue weighted by atomic mass is 9.81. The van der Waals surface area contributed by atoms with Gasteiger partial charge in [-0.15, -0.1) is 0 Å². The fourth-order valence-corrected chi connectivity index (χ4v) is 4.01. The number of anilines is 2. The van der Waals surface area contributed by atoms with E-state index in [0.29, 0.717) is 56.4 Å². The second-order valence-electron chi connectivity index (χ2n) is 9.29. The Kier molecular flexibility index (Phi) is 14.7. The number of nitrogens with one attached hydrogen (secondary N) is 8. The number of carbonyl (C=O) groups is 2. The number of guanidine groups is 2. The molecule has 1 aliphatic carbocycles. The number of aromatic hydroxyl groups is 2. The van der Waals surface area contributed by atoms with E-state index in [9.17, 15) is 19.8 Å². The molecule has 0 heterocycles. The van der Waals surface area contributed by atoms with Crippen LogP contribution < -0.4 is 43.6 Å². The number of phenols is 2. The molecule has 0 saturated heterocycles. The summed E-state index contributed by atoms with van der Waals surface area (Å²) < 4.78 is 0. The Morgan fingerprint density at radius 3 is 1.58 bits per heavy atom. The van der Waals surface area contributed by atoms with E-state index in [2.05, 4.69) is 42.3 Å². The van der Waals surface area contributed by atoms with Crippen molar-refractivity contribution in [2.24, 2.45) is 21.7 Å². The molecule has 0 aliphatic heterocycles. The number of rotatable bonds is 15. The van der Waals surface area contributed by atoms with Gasteiger partial charge in [0.05, 0.1) is 47.4 Å². The Morgan fingerprint density at radius 1 is 0.733 bits per heavy atom. The largest absolute Gasteiger partial charge is 0.507 e. The van der Waals surface area contributed by atoms with Gasteiger partial charge in [0.1, 0.15) is 11.5 Å². The molecule has 18 nitrogen and oxygen atoms in total. The molecular weight excluding hydrogens is 588 g/mol. The molecule has 0 saturated carbocycles. The number of nitrogens with zero attached hydrogens (tertiary/aromatic N) is 2. The Hall–Kier alpha value is -5.30. The minimum Gasteiger partial charge on any atom is -0.507 e. The maximum Gasteiger partial charge on any atom is 0.206 e. The highest BCUT2D eigenvalue weighted by Crippen LogP contribution is 2.42. The van der Waals surface area contributed by atoms with Crippen LogP contribution in [0.2, 0.25) is 0 Å². The van der Waals surface area contributed by atoms with Crippen molar-refractivity contribution >= 4 is 46.8 Å². The summed E-state index contributed by atoms with van der Waals surface area (Å²) in [5.41, 5.74) is 15.5. The first-order valence-corrected chi connectivity index (χ1v) is 13.7. The summed E-state index contributed by atoms with van der Waals surface area (Å²) in [6, 6.07) is 5.74. The number of carbonyl (C=O) groups excluding carboxylic acids is 2. The molecule has 0 aromatic heterocycles. The highest BCUT2D eigenvalue weighted by Gasteiger charge is 2.37. The van der Waals surface area contributed by atoms with Crippen LogP contribution in [0.1, 0.15) is 38.8 Å². The lowest BCUT2D eigenvalue weighted by Crippen LogP contribution is -2.28. The van der Waals surface area contributed by atoms with Crippen LogP contribution in [-0.4, -0.2) is 108 Å². The van der Waals surface area contributed by atoms with E-state index in [4.69, 9.17) is 32.5 Å². The lowest BCUT2D eigenvalue weighted by molar-refractivity contribution is 0.0975. The van der Waals surface area contributed by atoms with Gasteiger partial charge in [-0.2, -0.15) is 10.2 Å². The third kappa shape index (κ3) is 10.7. The Morgan fingerprint density at radius 2 is 1.18 bits per heavy atom. The van der Waals surface area contributed by atoms with E-state index in [1.165, 1.54) is 18.3 Å². The van der Waals surface area contributed by atoms with Gasteiger partial charge in [0, 0.05) is 50.6 Å². The number of aliphatic hydroxyl groups is 2. The molecule has 0 atom stereocenters. The normalized spacial score (nSPS) is 12.1. The molecule has 0 radical (unpaired) electrons. The Balaban J connectivity index is 0.000000459. The lowest BCUT2D eigenvalue weighted by Gasteiger charge is -2.25. The summed E-state index contributed by atoms with van der Waals surface area (Å²) in [5, 5.41) is 71.3. The van der Waals surface area contributed by atoms with E-state index in [0.717, 1.165) is 0 Å². The van der Waals surface area contributed by atoms with Crippen LogP contribution in [-0.2, 0) is 0 Å². The molecule has 0 spiro atoms. The van der Waals surface area contributed by atoms with Crippen LogP contribution in [0.15, 0.2) is 34.5 Å². The molecule has 0 unspecified atom stereocenters. The van der Waals surface area contributed by atoms with Crippen molar-refractivity contribution in [3.63, 3.8) is 0 Å². The van der Waals surface area contributed by atoms with Crippen molar-refractivity contribution in [3.8, 4) is 11.5 Å². The number of fused-ring (bicyclic) bond motifs is 2. The second-order valence-corrected chi connectivity index (χ2v) is 9.29. The van der Waals surface area contributed by atoms with Crippen LogP contribution >= 0.6 is 0 Å². The predicted octanol–water partition coefficient (Wildman–Crippen LogP) is -1.82. The number of hydrazone groups is 2. The summed E-state index contributed by atoms with van der Waals surface area (Å²) in [7, 11) is 0. The number of benzene rings is 2. The van der Waals surface area contributed by atoms with Crippen LogP contribution in [0.5, 0.6) is 11.5 Å². The van der Waals surface area contributed by atoms with Crippen LogP contribution in [0.25, 0.3) is 0 Å². The van der Waals surface area contributed by atoms with Crippen molar-refractivity contribution in [1.29, 1.82) is 10.8 Å². The zero-order valence-corrected chi connectivity index (χ0v) is 24.7. The second kappa shape index (κ2) is 18.4. The maximum atomic E-state index is 13.4. The first kappa shape index (κ1) is 35.9.